The first kappa shape index (κ1) is 18.1. The van der Waals surface area contributed by atoms with E-state index in [0.29, 0.717) is 27.2 Å². The minimum Gasteiger partial charge on any atom is -0.345 e. The Kier molecular flexibility index (Phi) is 4.79. The van der Waals surface area contributed by atoms with E-state index >= 15 is 0 Å². The van der Waals surface area contributed by atoms with Crippen molar-refractivity contribution >= 4 is 28.4 Å². The maximum Gasteiger partial charge on any atom is 0.254 e. The Balaban J connectivity index is 1.65. The number of amides is 1. The fourth-order valence-electron chi connectivity index (χ4n) is 3.04. The summed E-state index contributed by atoms with van der Waals surface area (Å²) in [6.45, 7) is 1.89. The van der Waals surface area contributed by atoms with Gasteiger partial charge >= 0.3 is 0 Å². The summed E-state index contributed by atoms with van der Waals surface area (Å²) in [5.74, 6) is -0.586. The van der Waals surface area contributed by atoms with Gasteiger partial charge in [0.25, 0.3) is 5.91 Å². The highest BCUT2D eigenvalue weighted by Crippen LogP contribution is 2.22. The number of carbonyl (C=O) groups excluding carboxylic acids is 1. The molecule has 140 valence electrons. The minimum absolute atomic E-state index is 0.228. The van der Waals surface area contributed by atoms with Crippen molar-refractivity contribution < 1.29 is 9.18 Å². The maximum absolute atomic E-state index is 13.2. The largest absolute Gasteiger partial charge is 0.345 e. The lowest BCUT2D eigenvalue weighted by atomic mass is 10.1. The molecule has 1 unspecified atom stereocenters. The van der Waals surface area contributed by atoms with Crippen LogP contribution in [0.2, 0.25) is 5.02 Å². The molecule has 2 aromatic heterocycles. The van der Waals surface area contributed by atoms with Crippen molar-refractivity contribution in [3.05, 3.63) is 89.1 Å². The Morgan fingerprint density at radius 1 is 1.14 bits per heavy atom. The third-order valence-electron chi connectivity index (χ3n) is 4.51. The van der Waals surface area contributed by atoms with Crippen LogP contribution in [0.15, 0.2) is 67.1 Å². The molecule has 5 nitrogen and oxygen atoms in total. The molecule has 1 N–H and O–H groups in total. The monoisotopic (exact) mass is 394 g/mol. The van der Waals surface area contributed by atoms with Crippen molar-refractivity contribution in [2.24, 2.45) is 0 Å². The first-order valence-corrected chi connectivity index (χ1v) is 9.05. The number of halogens is 2. The summed E-state index contributed by atoms with van der Waals surface area (Å²) in [5.41, 5.74) is 2.67. The van der Waals surface area contributed by atoms with Crippen LogP contribution in [0.25, 0.3) is 16.6 Å². The number of nitrogens with one attached hydrogen (secondary N) is 1. The number of nitrogens with zero attached hydrogens (tertiary/aromatic N) is 3. The van der Waals surface area contributed by atoms with Crippen LogP contribution in [0.5, 0.6) is 0 Å². The molecule has 0 radical (unpaired) electrons. The molecule has 0 aliphatic carbocycles. The van der Waals surface area contributed by atoms with Crippen LogP contribution < -0.4 is 5.32 Å². The van der Waals surface area contributed by atoms with E-state index in [-0.39, 0.29) is 17.8 Å². The van der Waals surface area contributed by atoms with Gasteiger partial charge in [0.2, 0.25) is 0 Å². The normalized spacial score (nSPS) is 12.1. The van der Waals surface area contributed by atoms with Crippen LogP contribution in [-0.2, 0) is 0 Å². The highest BCUT2D eigenvalue weighted by molar-refractivity contribution is 6.30. The summed E-state index contributed by atoms with van der Waals surface area (Å²) >= 11 is 6.03. The molecule has 0 saturated carbocycles. The Morgan fingerprint density at radius 3 is 2.68 bits per heavy atom. The minimum atomic E-state index is -0.326. The number of benzene rings is 2. The summed E-state index contributed by atoms with van der Waals surface area (Å²) in [4.78, 5) is 17.0. The van der Waals surface area contributed by atoms with Gasteiger partial charge in [0.05, 0.1) is 35.2 Å². The molecule has 1 amide bonds. The van der Waals surface area contributed by atoms with Crippen molar-refractivity contribution in [1.29, 1.82) is 0 Å². The van der Waals surface area contributed by atoms with Gasteiger partial charge in [0, 0.05) is 16.6 Å². The Hall–Kier alpha value is -3.25. The van der Waals surface area contributed by atoms with E-state index in [1.54, 1.807) is 35.3 Å². The number of hydrogen-bond donors (Lipinski definition) is 1. The second-order valence-electron chi connectivity index (χ2n) is 6.40. The second-order valence-corrected chi connectivity index (χ2v) is 6.84. The third kappa shape index (κ3) is 3.46. The molecule has 2 heterocycles. The molecule has 0 aliphatic rings. The number of aromatic nitrogens is 3. The topological polar surface area (TPSA) is 59.8 Å². The standard InChI is InChI=1S/C21H16ClFN4O/c1-13(14-3-2-4-15(22)9-14)26-21(28)19-10-24-12-20-18(19)11-25-27(20)17-7-5-16(23)6-8-17/h2-13H,1H3,(H,26,28). The summed E-state index contributed by atoms with van der Waals surface area (Å²) in [7, 11) is 0. The quantitative estimate of drug-likeness (QED) is 0.545. The van der Waals surface area contributed by atoms with E-state index in [1.165, 1.54) is 18.3 Å². The van der Waals surface area contributed by atoms with Gasteiger partial charge in [-0.15, -0.1) is 0 Å². The lowest BCUT2D eigenvalue weighted by Crippen LogP contribution is -2.26. The van der Waals surface area contributed by atoms with Gasteiger partial charge in [-0.3, -0.25) is 9.78 Å². The van der Waals surface area contributed by atoms with Crippen LogP contribution in [0.1, 0.15) is 28.9 Å². The van der Waals surface area contributed by atoms with Crippen molar-refractivity contribution in [2.75, 3.05) is 0 Å². The second kappa shape index (κ2) is 7.40. The zero-order chi connectivity index (χ0) is 19.7. The maximum atomic E-state index is 13.2. The van der Waals surface area contributed by atoms with Crippen molar-refractivity contribution in [2.45, 2.75) is 13.0 Å². The molecule has 0 saturated heterocycles. The van der Waals surface area contributed by atoms with Gasteiger partial charge in [0.1, 0.15) is 5.82 Å². The van der Waals surface area contributed by atoms with Gasteiger partial charge in [0.15, 0.2) is 0 Å². The van der Waals surface area contributed by atoms with Crippen molar-refractivity contribution in [1.82, 2.24) is 20.1 Å². The summed E-state index contributed by atoms with van der Waals surface area (Å²) in [6.07, 6.45) is 4.75. The lowest BCUT2D eigenvalue weighted by molar-refractivity contribution is 0.0941. The van der Waals surface area contributed by atoms with Gasteiger partial charge in [-0.2, -0.15) is 5.10 Å². The molecule has 0 spiro atoms. The van der Waals surface area contributed by atoms with Crippen LogP contribution >= 0.6 is 11.6 Å². The smallest absolute Gasteiger partial charge is 0.254 e. The molecular formula is C21H16ClFN4O. The predicted molar refractivity (Wildman–Crippen MR) is 106 cm³/mol. The molecule has 0 aliphatic heterocycles. The van der Waals surface area contributed by atoms with Gasteiger partial charge in [-0.1, -0.05) is 23.7 Å². The molecule has 1 atom stereocenters. The zero-order valence-corrected chi connectivity index (χ0v) is 15.7. The van der Waals surface area contributed by atoms with Crippen molar-refractivity contribution in [3.63, 3.8) is 0 Å². The van der Waals surface area contributed by atoms with Crippen LogP contribution in [-0.4, -0.2) is 20.7 Å². The average molecular weight is 395 g/mol. The highest BCUT2D eigenvalue weighted by atomic mass is 35.5. The first-order valence-electron chi connectivity index (χ1n) is 8.67. The number of carbonyl (C=O) groups is 1. The first-order chi connectivity index (χ1) is 13.5. The number of fused-ring (bicyclic) bond motifs is 1. The van der Waals surface area contributed by atoms with E-state index in [2.05, 4.69) is 15.4 Å². The Labute approximate surface area is 165 Å². The third-order valence-corrected chi connectivity index (χ3v) is 4.74. The van der Waals surface area contributed by atoms with Crippen LogP contribution in [0.4, 0.5) is 4.39 Å². The Bertz CT molecular complexity index is 1160. The van der Waals surface area contributed by atoms with E-state index < -0.39 is 0 Å². The van der Waals surface area contributed by atoms with E-state index in [0.717, 1.165) is 5.56 Å². The SMILES string of the molecule is CC(NC(=O)c1cncc2c1cnn2-c1ccc(F)cc1)c1cccc(Cl)c1. The molecule has 7 heteroatoms. The molecule has 2 aromatic carbocycles. The molecule has 4 rings (SSSR count). The predicted octanol–water partition coefficient (Wildman–Crippen LogP) is 4.70. The molecule has 4 aromatic rings. The van der Waals surface area contributed by atoms with E-state index in [1.807, 2.05) is 25.1 Å². The highest BCUT2D eigenvalue weighted by Gasteiger charge is 2.17. The fourth-order valence-corrected chi connectivity index (χ4v) is 3.24. The number of rotatable bonds is 4. The van der Waals surface area contributed by atoms with Gasteiger partial charge in [-0.25, -0.2) is 9.07 Å². The fraction of sp³-hybridized carbons (Fsp3) is 0.0952. The molecule has 0 fully saturated rings. The van der Waals surface area contributed by atoms with Gasteiger partial charge < -0.3 is 5.32 Å². The number of pyridine rings is 1. The van der Waals surface area contributed by atoms with Crippen LogP contribution in [0.3, 0.4) is 0 Å². The van der Waals surface area contributed by atoms with E-state index in [4.69, 9.17) is 11.6 Å². The summed E-state index contributed by atoms with van der Waals surface area (Å²) in [6, 6.07) is 13.1. The molecule has 28 heavy (non-hydrogen) atoms. The van der Waals surface area contributed by atoms with Crippen molar-refractivity contribution in [3.8, 4) is 5.69 Å². The molecule has 0 bridgehead atoms. The van der Waals surface area contributed by atoms with Gasteiger partial charge in [-0.05, 0) is 48.9 Å². The van der Waals surface area contributed by atoms with E-state index in [9.17, 15) is 9.18 Å². The lowest BCUT2D eigenvalue weighted by Gasteiger charge is -2.15. The zero-order valence-electron chi connectivity index (χ0n) is 14.9. The summed E-state index contributed by atoms with van der Waals surface area (Å²) < 4.78 is 14.8. The summed E-state index contributed by atoms with van der Waals surface area (Å²) in [5, 5.41) is 8.58. The average Bonchev–Trinajstić information content (AvgIpc) is 3.12. The van der Waals surface area contributed by atoms with Crippen LogP contribution in [0, 0.1) is 5.82 Å². The number of hydrogen-bond acceptors (Lipinski definition) is 3. The Morgan fingerprint density at radius 2 is 1.93 bits per heavy atom. The molecular weight excluding hydrogens is 379 g/mol.